The molecular weight excluding hydrogens is 201 g/mol. The van der Waals surface area contributed by atoms with Gasteiger partial charge in [-0.05, 0) is 12.9 Å². The van der Waals surface area contributed by atoms with Crippen LogP contribution in [0.4, 0.5) is 5.82 Å². The summed E-state index contributed by atoms with van der Waals surface area (Å²) in [5, 5.41) is 0. The second-order valence-electron chi connectivity index (χ2n) is 1.72. The molecule has 4 heteroatoms. The first kappa shape index (κ1) is 18.4. The van der Waals surface area contributed by atoms with Crippen molar-refractivity contribution in [3.05, 3.63) is 12.0 Å². The molecule has 0 aromatic carbocycles. The molecule has 1 heterocycles. The topological polar surface area (TPSA) is 43.8 Å². The van der Waals surface area contributed by atoms with Gasteiger partial charge in [-0.15, -0.1) is 6.20 Å². The van der Waals surface area contributed by atoms with Crippen LogP contribution in [0.3, 0.4) is 0 Å². The van der Waals surface area contributed by atoms with Gasteiger partial charge in [0.05, 0.1) is 0 Å². The summed E-state index contributed by atoms with van der Waals surface area (Å²) in [6.45, 7) is 9.88. The van der Waals surface area contributed by atoms with Gasteiger partial charge in [-0.3, -0.25) is 0 Å². The Morgan fingerprint density at radius 3 is 1.69 bits per heavy atom. The first-order valence-corrected chi connectivity index (χ1v) is 4.38. The van der Waals surface area contributed by atoms with Gasteiger partial charge in [-0.1, -0.05) is 34.6 Å². The van der Waals surface area contributed by atoms with Crippen LogP contribution in [0.15, 0.2) is 0 Å². The van der Waals surface area contributed by atoms with E-state index >= 15 is 0 Å². The molecule has 13 heavy (non-hydrogen) atoms. The number of imidazole rings is 1. The maximum Gasteiger partial charge on any atom is 0.0269 e. The largest absolute Gasteiger partial charge is 0.499 e. The number of nitrogen functional groups attached to an aromatic ring is 1. The fraction of sp³-hybridized carbons (Fsp3) is 0.667. The van der Waals surface area contributed by atoms with Gasteiger partial charge in [0.25, 0.3) is 0 Å². The maximum atomic E-state index is 5.29. The SMILES string of the molecule is CC.CC.Cc1nc(N)[c-]n1C.[V]. The van der Waals surface area contributed by atoms with E-state index in [-0.39, 0.29) is 18.6 Å². The minimum absolute atomic E-state index is 0. The molecule has 0 amide bonds. The van der Waals surface area contributed by atoms with E-state index in [1.54, 1.807) is 4.57 Å². The predicted octanol–water partition coefficient (Wildman–Crippen LogP) is 2.16. The van der Waals surface area contributed by atoms with E-state index in [0.717, 1.165) is 5.82 Å². The molecule has 0 saturated heterocycles. The molecule has 0 aliphatic heterocycles. The number of aryl methyl sites for hydroxylation is 2. The van der Waals surface area contributed by atoms with E-state index in [0.29, 0.717) is 5.82 Å². The molecule has 1 aromatic rings. The van der Waals surface area contributed by atoms with E-state index in [1.807, 2.05) is 41.7 Å². The van der Waals surface area contributed by atoms with Crippen molar-refractivity contribution < 1.29 is 18.6 Å². The molecule has 0 saturated carbocycles. The van der Waals surface area contributed by atoms with Crippen LogP contribution >= 0.6 is 0 Å². The molecule has 3 nitrogen and oxygen atoms in total. The third-order valence-electron chi connectivity index (χ3n) is 1.05. The zero-order chi connectivity index (χ0) is 10.1. The second-order valence-corrected chi connectivity index (χ2v) is 1.72. The summed E-state index contributed by atoms with van der Waals surface area (Å²) >= 11 is 0. The molecule has 2 N–H and O–H groups in total. The van der Waals surface area contributed by atoms with Crippen LogP contribution in [0.2, 0.25) is 0 Å². The molecule has 0 bridgehead atoms. The minimum atomic E-state index is 0. The van der Waals surface area contributed by atoms with Crippen molar-refractivity contribution >= 4 is 5.82 Å². The molecule has 0 unspecified atom stereocenters. The third kappa shape index (κ3) is 7.94. The van der Waals surface area contributed by atoms with Gasteiger partial charge in [0.1, 0.15) is 0 Å². The average Bonchev–Trinajstić information content (AvgIpc) is 2.37. The van der Waals surface area contributed by atoms with Crippen LogP contribution in [0.25, 0.3) is 0 Å². The Balaban J connectivity index is -0.000000178. The van der Waals surface area contributed by atoms with Crippen LogP contribution in [0, 0.1) is 13.1 Å². The van der Waals surface area contributed by atoms with Gasteiger partial charge >= 0.3 is 0 Å². The summed E-state index contributed by atoms with van der Waals surface area (Å²) in [7, 11) is 1.86. The van der Waals surface area contributed by atoms with E-state index in [4.69, 9.17) is 5.73 Å². The van der Waals surface area contributed by atoms with Crippen molar-refractivity contribution in [1.29, 1.82) is 0 Å². The molecule has 0 aliphatic rings. The fourth-order valence-electron chi connectivity index (χ4n) is 0.527. The summed E-state index contributed by atoms with van der Waals surface area (Å²) in [4.78, 5) is 3.90. The van der Waals surface area contributed by atoms with Gasteiger partial charge < -0.3 is 15.3 Å². The molecule has 1 aromatic heterocycles. The van der Waals surface area contributed by atoms with Crippen LogP contribution in [-0.2, 0) is 25.6 Å². The summed E-state index contributed by atoms with van der Waals surface area (Å²) in [6.07, 6.45) is 2.79. The summed E-state index contributed by atoms with van der Waals surface area (Å²) in [5.74, 6) is 1.35. The zero-order valence-electron chi connectivity index (χ0n) is 9.42. The van der Waals surface area contributed by atoms with Gasteiger partial charge in [0.15, 0.2) is 0 Å². The molecule has 0 spiro atoms. The van der Waals surface area contributed by atoms with Crippen molar-refractivity contribution in [3.8, 4) is 0 Å². The third-order valence-corrected chi connectivity index (χ3v) is 1.05. The summed E-state index contributed by atoms with van der Waals surface area (Å²) in [5.41, 5.74) is 5.29. The quantitative estimate of drug-likeness (QED) is 0.682. The predicted molar refractivity (Wildman–Crippen MR) is 53.9 cm³/mol. The second kappa shape index (κ2) is 11.6. The molecule has 0 atom stereocenters. The number of hydrogen-bond donors (Lipinski definition) is 1. The fourth-order valence-corrected chi connectivity index (χ4v) is 0.527. The molecule has 1 rings (SSSR count). The van der Waals surface area contributed by atoms with Crippen LogP contribution < -0.4 is 5.73 Å². The van der Waals surface area contributed by atoms with Crippen LogP contribution in [0.1, 0.15) is 33.5 Å². The van der Waals surface area contributed by atoms with Crippen molar-refractivity contribution in [2.75, 3.05) is 5.73 Å². The van der Waals surface area contributed by atoms with Gasteiger partial charge in [0.2, 0.25) is 0 Å². The smallest absolute Gasteiger partial charge is 0.0269 e. The molecule has 0 aliphatic carbocycles. The van der Waals surface area contributed by atoms with E-state index in [1.165, 1.54) is 0 Å². The van der Waals surface area contributed by atoms with E-state index < -0.39 is 0 Å². The Morgan fingerprint density at radius 2 is 1.62 bits per heavy atom. The maximum absolute atomic E-state index is 5.29. The van der Waals surface area contributed by atoms with Gasteiger partial charge in [0, 0.05) is 24.4 Å². The standard InChI is InChI=1S/C5H8N3.2C2H6.V/c1-4-7-5(6)3-8(4)2;2*1-2;/h6H2,1-2H3;2*1-2H3;/q-1;;;. The number of hydrogen-bond acceptors (Lipinski definition) is 2. The van der Waals surface area contributed by atoms with Crippen LogP contribution in [-0.4, -0.2) is 9.55 Å². The van der Waals surface area contributed by atoms with Crippen molar-refractivity contribution in [2.45, 2.75) is 34.6 Å². The number of nitrogens with zero attached hydrogens (tertiary/aromatic N) is 2. The first-order valence-electron chi connectivity index (χ1n) is 4.38. The monoisotopic (exact) mass is 221 g/mol. The summed E-state index contributed by atoms with van der Waals surface area (Å²) in [6, 6.07) is 0. The molecular formula is C9H20N3V-. The Bertz CT molecular complexity index is 177. The average molecular weight is 221 g/mol. The number of anilines is 1. The normalized spacial score (nSPS) is 6.92. The Morgan fingerprint density at radius 1 is 1.23 bits per heavy atom. The van der Waals surface area contributed by atoms with Crippen molar-refractivity contribution in [3.63, 3.8) is 0 Å². The molecule has 0 fully saturated rings. The first-order chi connectivity index (χ1) is 5.70. The summed E-state index contributed by atoms with van der Waals surface area (Å²) < 4.78 is 1.76. The Hall–Kier alpha value is -0.406. The molecule has 77 valence electrons. The van der Waals surface area contributed by atoms with E-state index in [9.17, 15) is 0 Å². The van der Waals surface area contributed by atoms with Gasteiger partial charge in [-0.25, -0.2) is 0 Å². The number of aromatic nitrogens is 2. The minimum Gasteiger partial charge on any atom is -0.499 e. The van der Waals surface area contributed by atoms with Crippen LogP contribution in [0.5, 0.6) is 0 Å². The Kier molecular flexibility index (Phi) is 16.4. The van der Waals surface area contributed by atoms with Crippen molar-refractivity contribution in [2.24, 2.45) is 7.05 Å². The van der Waals surface area contributed by atoms with E-state index in [2.05, 4.69) is 11.2 Å². The zero-order valence-corrected chi connectivity index (χ0v) is 10.8. The van der Waals surface area contributed by atoms with Gasteiger partial charge in [-0.2, -0.15) is 0 Å². The number of rotatable bonds is 0. The number of nitrogens with two attached hydrogens (primary N) is 1. The Labute approximate surface area is 93.6 Å². The van der Waals surface area contributed by atoms with Crippen molar-refractivity contribution in [1.82, 2.24) is 9.55 Å². The molecule has 1 radical (unpaired) electrons.